The third-order valence-corrected chi connectivity index (χ3v) is 3.10. The van der Waals surface area contributed by atoms with E-state index in [0.29, 0.717) is 30.3 Å². The first-order chi connectivity index (χ1) is 8.50. The number of nitro groups is 1. The van der Waals surface area contributed by atoms with Crippen molar-refractivity contribution in [3.8, 4) is 11.5 Å². The molecule has 0 amide bonds. The smallest absolute Gasteiger partial charge is 0.276 e. The Balaban J connectivity index is 2.52. The summed E-state index contributed by atoms with van der Waals surface area (Å²) in [7, 11) is 0. The molecule has 0 aromatic heterocycles. The van der Waals surface area contributed by atoms with Crippen LogP contribution in [0.2, 0.25) is 0 Å². The maximum atomic E-state index is 11.1. The maximum Gasteiger partial charge on any atom is 0.276 e. The van der Waals surface area contributed by atoms with Crippen LogP contribution in [-0.4, -0.2) is 29.3 Å². The Morgan fingerprint density at radius 3 is 2.33 bits per heavy atom. The van der Waals surface area contributed by atoms with Gasteiger partial charge in [0.15, 0.2) is 11.5 Å². The summed E-state index contributed by atoms with van der Waals surface area (Å²) in [4.78, 5) is 10.6. The number of nitro benzene ring substituents is 1. The van der Waals surface area contributed by atoms with Gasteiger partial charge in [0.2, 0.25) is 0 Å². The van der Waals surface area contributed by atoms with Gasteiger partial charge >= 0.3 is 0 Å². The highest BCUT2D eigenvalue weighted by atomic mass is 16.6. The van der Waals surface area contributed by atoms with Crippen molar-refractivity contribution >= 4 is 5.69 Å². The fraction of sp³-hybridized carbons (Fsp3) is 0.500. The van der Waals surface area contributed by atoms with Gasteiger partial charge in [-0.2, -0.15) is 0 Å². The second-order valence-electron chi connectivity index (χ2n) is 4.34. The molecule has 2 unspecified atom stereocenters. The first kappa shape index (κ1) is 12.6. The number of benzene rings is 1. The molecule has 0 bridgehead atoms. The van der Waals surface area contributed by atoms with E-state index in [-0.39, 0.29) is 11.6 Å². The van der Waals surface area contributed by atoms with Gasteiger partial charge in [0.1, 0.15) is 13.2 Å². The van der Waals surface area contributed by atoms with Crippen molar-refractivity contribution in [2.45, 2.75) is 25.9 Å². The van der Waals surface area contributed by atoms with Crippen LogP contribution in [-0.2, 0) is 0 Å². The molecule has 1 aliphatic rings. The average Bonchev–Trinajstić information content (AvgIpc) is 2.36. The van der Waals surface area contributed by atoms with Crippen LogP contribution in [0.5, 0.6) is 11.5 Å². The van der Waals surface area contributed by atoms with E-state index >= 15 is 0 Å². The number of rotatable bonds is 3. The monoisotopic (exact) mass is 253 g/mol. The molecule has 6 nitrogen and oxygen atoms in total. The molecule has 0 radical (unpaired) electrons. The molecule has 6 heteroatoms. The predicted molar refractivity (Wildman–Crippen MR) is 64.2 cm³/mol. The Morgan fingerprint density at radius 2 is 1.83 bits per heavy atom. The van der Waals surface area contributed by atoms with E-state index in [4.69, 9.17) is 9.47 Å². The largest absolute Gasteiger partial charge is 0.486 e. The van der Waals surface area contributed by atoms with E-state index in [9.17, 15) is 15.2 Å². The molecule has 0 aliphatic carbocycles. The molecule has 98 valence electrons. The molecule has 0 spiro atoms. The summed E-state index contributed by atoms with van der Waals surface area (Å²) in [5.41, 5.74) is 0.409. The zero-order chi connectivity index (χ0) is 13.3. The normalized spacial score (nSPS) is 17.1. The van der Waals surface area contributed by atoms with Crippen molar-refractivity contribution in [2.75, 3.05) is 13.2 Å². The summed E-state index contributed by atoms with van der Waals surface area (Å²) in [6.45, 7) is 4.15. The van der Waals surface area contributed by atoms with E-state index in [1.807, 2.05) is 0 Å². The standard InChI is InChI=1S/C12H15NO5/c1-7(8(2)14)9-5-11-12(18-4-3-17-11)6-10(9)13(15)16/h5-8,14H,3-4H2,1-2H3. The third kappa shape index (κ3) is 2.24. The van der Waals surface area contributed by atoms with Crippen molar-refractivity contribution in [3.63, 3.8) is 0 Å². The number of hydrogen-bond donors (Lipinski definition) is 1. The van der Waals surface area contributed by atoms with Crippen LogP contribution in [0.25, 0.3) is 0 Å². The van der Waals surface area contributed by atoms with Crippen LogP contribution < -0.4 is 9.47 Å². The lowest BCUT2D eigenvalue weighted by Gasteiger charge is -2.21. The first-order valence-electron chi connectivity index (χ1n) is 5.76. The van der Waals surface area contributed by atoms with Crippen molar-refractivity contribution in [1.82, 2.24) is 0 Å². The lowest BCUT2D eigenvalue weighted by Crippen LogP contribution is -2.18. The molecule has 1 N–H and O–H groups in total. The van der Waals surface area contributed by atoms with E-state index in [1.165, 1.54) is 6.07 Å². The highest BCUT2D eigenvalue weighted by Gasteiger charge is 2.27. The summed E-state index contributed by atoms with van der Waals surface area (Å²) >= 11 is 0. The lowest BCUT2D eigenvalue weighted by atomic mass is 9.94. The minimum Gasteiger partial charge on any atom is -0.486 e. The number of hydrogen-bond acceptors (Lipinski definition) is 5. The number of nitrogens with zero attached hydrogens (tertiary/aromatic N) is 1. The quantitative estimate of drug-likeness (QED) is 0.656. The number of ether oxygens (including phenoxy) is 2. The fourth-order valence-corrected chi connectivity index (χ4v) is 1.88. The molecule has 0 fully saturated rings. The molecule has 18 heavy (non-hydrogen) atoms. The number of aliphatic hydroxyl groups excluding tert-OH is 1. The van der Waals surface area contributed by atoms with Gasteiger partial charge in [0.05, 0.1) is 17.1 Å². The molecule has 2 rings (SSSR count). The molecule has 0 saturated carbocycles. The molecule has 2 atom stereocenters. The summed E-state index contributed by atoms with van der Waals surface area (Å²) in [6.07, 6.45) is -0.675. The second-order valence-corrected chi connectivity index (χ2v) is 4.34. The zero-order valence-corrected chi connectivity index (χ0v) is 10.3. The predicted octanol–water partition coefficient (Wildman–Crippen LogP) is 1.85. The molecular weight excluding hydrogens is 238 g/mol. The molecular formula is C12H15NO5. The third-order valence-electron chi connectivity index (χ3n) is 3.10. The molecule has 1 aromatic carbocycles. The van der Waals surface area contributed by atoms with Crippen molar-refractivity contribution in [2.24, 2.45) is 0 Å². The number of aliphatic hydroxyl groups is 1. The summed E-state index contributed by atoms with van der Waals surface area (Å²) in [5, 5.41) is 20.7. The van der Waals surface area contributed by atoms with Crippen LogP contribution >= 0.6 is 0 Å². The topological polar surface area (TPSA) is 81.8 Å². The lowest BCUT2D eigenvalue weighted by molar-refractivity contribution is -0.385. The van der Waals surface area contributed by atoms with E-state index in [2.05, 4.69) is 0 Å². The van der Waals surface area contributed by atoms with Crippen LogP contribution in [0.3, 0.4) is 0 Å². The number of fused-ring (bicyclic) bond motifs is 1. The molecule has 1 aliphatic heterocycles. The van der Waals surface area contributed by atoms with Gasteiger partial charge in [-0.15, -0.1) is 0 Å². The Labute approximate surface area is 104 Å². The minimum atomic E-state index is -0.675. The highest BCUT2D eigenvalue weighted by Crippen LogP contribution is 2.40. The van der Waals surface area contributed by atoms with Gasteiger partial charge in [-0.1, -0.05) is 6.92 Å². The van der Waals surface area contributed by atoms with Crippen LogP contribution in [0.4, 0.5) is 5.69 Å². The second kappa shape index (κ2) is 4.81. The summed E-state index contributed by atoms with van der Waals surface area (Å²) in [6, 6.07) is 2.95. The fourth-order valence-electron chi connectivity index (χ4n) is 1.88. The first-order valence-corrected chi connectivity index (χ1v) is 5.76. The molecule has 1 aromatic rings. The van der Waals surface area contributed by atoms with Crippen molar-refractivity contribution in [3.05, 3.63) is 27.8 Å². The van der Waals surface area contributed by atoms with Gasteiger partial charge in [-0.05, 0) is 13.0 Å². The van der Waals surface area contributed by atoms with Gasteiger partial charge < -0.3 is 14.6 Å². The Bertz CT molecular complexity index is 472. The van der Waals surface area contributed by atoms with Crippen LogP contribution in [0.15, 0.2) is 12.1 Å². The van der Waals surface area contributed by atoms with Gasteiger partial charge in [-0.3, -0.25) is 10.1 Å². The molecule has 1 heterocycles. The maximum absolute atomic E-state index is 11.1. The average molecular weight is 253 g/mol. The zero-order valence-electron chi connectivity index (χ0n) is 10.3. The van der Waals surface area contributed by atoms with E-state index < -0.39 is 11.0 Å². The van der Waals surface area contributed by atoms with Gasteiger partial charge in [0.25, 0.3) is 5.69 Å². The van der Waals surface area contributed by atoms with Gasteiger partial charge in [-0.25, -0.2) is 0 Å². The summed E-state index contributed by atoms with van der Waals surface area (Å²) in [5.74, 6) is 0.532. The molecule has 0 saturated heterocycles. The van der Waals surface area contributed by atoms with E-state index in [0.717, 1.165) is 0 Å². The minimum absolute atomic E-state index is 0.0485. The Kier molecular flexibility index (Phi) is 3.38. The van der Waals surface area contributed by atoms with Gasteiger partial charge in [0, 0.05) is 11.5 Å². The Morgan fingerprint density at radius 1 is 1.28 bits per heavy atom. The Hall–Kier alpha value is -1.82. The summed E-state index contributed by atoms with van der Waals surface area (Å²) < 4.78 is 10.7. The van der Waals surface area contributed by atoms with Crippen molar-refractivity contribution < 1.29 is 19.5 Å². The SMILES string of the molecule is CC(O)C(C)c1cc2c(cc1[N+](=O)[O-])OCCO2. The van der Waals surface area contributed by atoms with E-state index in [1.54, 1.807) is 19.9 Å². The van der Waals surface area contributed by atoms with Crippen molar-refractivity contribution in [1.29, 1.82) is 0 Å². The van der Waals surface area contributed by atoms with Crippen LogP contribution in [0.1, 0.15) is 25.3 Å². The van der Waals surface area contributed by atoms with Crippen LogP contribution in [0, 0.1) is 10.1 Å². The highest BCUT2D eigenvalue weighted by molar-refractivity contribution is 5.56.